The van der Waals surface area contributed by atoms with Gasteiger partial charge in [-0.15, -0.1) is 0 Å². The largest absolute Gasteiger partial charge is 0.374 e. The molecule has 1 unspecified atom stereocenters. The van der Waals surface area contributed by atoms with Gasteiger partial charge in [0.25, 0.3) is 11.8 Å². The van der Waals surface area contributed by atoms with E-state index in [-0.39, 0.29) is 17.7 Å². The van der Waals surface area contributed by atoms with Crippen LogP contribution in [0.5, 0.6) is 0 Å². The number of hydrogen-bond acceptors (Lipinski definition) is 4. The van der Waals surface area contributed by atoms with Gasteiger partial charge in [-0.1, -0.05) is 0 Å². The van der Waals surface area contributed by atoms with Crippen molar-refractivity contribution in [3.05, 3.63) is 29.3 Å². The number of likely N-dealkylation sites (N-methyl/N-ethyl adjacent to an activating group) is 1. The first-order valence-electron chi connectivity index (χ1n) is 6.27. The molecule has 1 atom stereocenters. The number of fused-ring (bicyclic) bond motifs is 1. The van der Waals surface area contributed by atoms with Crippen molar-refractivity contribution in [2.75, 3.05) is 26.5 Å². The highest BCUT2D eigenvalue weighted by molar-refractivity contribution is 6.21. The SMILES string of the molecule is CC(Nc1ccc2c(c1)C(=O)N(C)C2=O)C(=O)N(C)C. The normalized spacial score (nSPS) is 15.1. The maximum absolute atomic E-state index is 11.9. The fraction of sp³-hybridized carbons (Fsp3) is 0.357. The van der Waals surface area contributed by atoms with Crippen molar-refractivity contribution >= 4 is 23.4 Å². The molecule has 2 rings (SSSR count). The van der Waals surface area contributed by atoms with E-state index >= 15 is 0 Å². The van der Waals surface area contributed by atoms with Crippen LogP contribution in [0, 0.1) is 0 Å². The van der Waals surface area contributed by atoms with Crippen LogP contribution in [0.2, 0.25) is 0 Å². The molecular formula is C14H17N3O3. The van der Waals surface area contributed by atoms with Crippen LogP contribution in [-0.2, 0) is 4.79 Å². The minimum atomic E-state index is -0.409. The molecule has 0 aliphatic carbocycles. The second-order valence-electron chi connectivity index (χ2n) is 5.03. The zero-order chi connectivity index (χ0) is 15.0. The fourth-order valence-corrected chi connectivity index (χ4v) is 2.15. The zero-order valence-electron chi connectivity index (χ0n) is 11.9. The van der Waals surface area contributed by atoms with E-state index in [0.717, 1.165) is 4.90 Å². The number of rotatable bonds is 3. The van der Waals surface area contributed by atoms with Gasteiger partial charge in [0.1, 0.15) is 6.04 Å². The number of nitrogens with zero attached hydrogens (tertiary/aromatic N) is 2. The lowest BCUT2D eigenvalue weighted by atomic mass is 10.1. The molecule has 1 aliphatic heterocycles. The van der Waals surface area contributed by atoms with Gasteiger partial charge in [0.15, 0.2) is 0 Å². The standard InChI is InChI=1S/C14H17N3O3/c1-8(12(18)16(2)3)15-9-5-6-10-11(7-9)14(20)17(4)13(10)19/h5-8,15H,1-4H3. The third kappa shape index (κ3) is 2.24. The average molecular weight is 275 g/mol. The van der Waals surface area contributed by atoms with E-state index in [0.29, 0.717) is 16.8 Å². The van der Waals surface area contributed by atoms with E-state index < -0.39 is 6.04 Å². The molecule has 1 heterocycles. The topological polar surface area (TPSA) is 69.7 Å². The summed E-state index contributed by atoms with van der Waals surface area (Å²) in [6.45, 7) is 1.74. The van der Waals surface area contributed by atoms with Crippen LogP contribution >= 0.6 is 0 Å². The van der Waals surface area contributed by atoms with Crippen molar-refractivity contribution in [3.63, 3.8) is 0 Å². The number of carbonyl (C=O) groups is 3. The number of carbonyl (C=O) groups excluding carboxylic acids is 3. The van der Waals surface area contributed by atoms with Crippen LogP contribution < -0.4 is 5.32 Å². The molecule has 6 nitrogen and oxygen atoms in total. The first kappa shape index (κ1) is 14.0. The lowest BCUT2D eigenvalue weighted by Gasteiger charge is -2.19. The van der Waals surface area contributed by atoms with Gasteiger partial charge in [-0.3, -0.25) is 19.3 Å². The van der Waals surface area contributed by atoms with Gasteiger partial charge < -0.3 is 10.2 Å². The molecule has 0 saturated heterocycles. The Labute approximate surface area is 117 Å². The summed E-state index contributed by atoms with van der Waals surface area (Å²) in [6, 6.07) is 4.50. The Morgan fingerprint density at radius 1 is 1.20 bits per heavy atom. The Morgan fingerprint density at radius 2 is 1.80 bits per heavy atom. The van der Waals surface area contributed by atoms with Gasteiger partial charge in [0.2, 0.25) is 5.91 Å². The highest BCUT2D eigenvalue weighted by Crippen LogP contribution is 2.25. The highest BCUT2D eigenvalue weighted by atomic mass is 16.2. The summed E-state index contributed by atoms with van der Waals surface area (Å²) in [7, 11) is 4.82. The van der Waals surface area contributed by atoms with Gasteiger partial charge >= 0.3 is 0 Å². The second kappa shape index (κ2) is 4.96. The Hall–Kier alpha value is -2.37. The van der Waals surface area contributed by atoms with Crippen LogP contribution in [-0.4, -0.2) is 54.7 Å². The molecule has 6 heteroatoms. The predicted octanol–water partition coefficient (Wildman–Crippen LogP) is 0.801. The van der Waals surface area contributed by atoms with Gasteiger partial charge in [-0.05, 0) is 25.1 Å². The minimum absolute atomic E-state index is 0.0648. The molecule has 0 fully saturated rings. The maximum atomic E-state index is 11.9. The summed E-state index contributed by atoms with van der Waals surface area (Å²) in [5, 5.41) is 3.03. The molecule has 1 N–H and O–H groups in total. The zero-order valence-corrected chi connectivity index (χ0v) is 11.9. The lowest BCUT2D eigenvalue weighted by molar-refractivity contribution is -0.129. The third-order valence-electron chi connectivity index (χ3n) is 3.28. The van der Waals surface area contributed by atoms with E-state index in [9.17, 15) is 14.4 Å². The smallest absolute Gasteiger partial charge is 0.261 e. The third-order valence-corrected chi connectivity index (χ3v) is 3.28. The number of benzene rings is 1. The van der Waals surface area contributed by atoms with Gasteiger partial charge in [0.05, 0.1) is 11.1 Å². The van der Waals surface area contributed by atoms with Crippen LogP contribution in [0.3, 0.4) is 0 Å². The number of anilines is 1. The predicted molar refractivity (Wildman–Crippen MR) is 74.6 cm³/mol. The lowest BCUT2D eigenvalue weighted by Crippen LogP contribution is -2.36. The molecule has 0 saturated carbocycles. The highest BCUT2D eigenvalue weighted by Gasteiger charge is 2.32. The van der Waals surface area contributed by atoms with E-state index in [1.165, 1.54) is 11.9 Å². The van der Waals surface area contributed by atoms with Crippen molar-refractivity contribution in [1.29, 1.82) is 0 Å². The summed E-state index contributed by atoms with van der Waals surface area (Å²) < 4.78 is 0. The number of hydrogen-bond donors (Lipinski definition) is 1. The molecule has 20 heavy (non-hydrogen) atoms. The average Bonchev–Trinajstić information content (AvgIpc) is 2.62. The Kier molecular flexibility index (Phi) is 3.48. The Balaban J connectivity index is 2.24. The van der Waals surface area contributed by atoms with Gasteiger partial charge in [-0.25, -0.2) is 0 Å². The maximum Gasteiger partial charge on any atom is 0.261 e. The van der Waals surface area contributed by atoms with E-state index in [1.54, 1.807) is 39.2 Å². The van der Waals surface area contributed by atoms with Crippen molar-refractivity contribution in [2.24, 2.45) is 0 Å². The summed E-state index contributed by atoms with van der Waals surface area (Å²) in [4.78, 5) is 38.0. The first-order chi connectivity index (χ1) is 9.32. The van der Waals surface area contributed by atoms with Crippen LogP contribution in [0.4, 0.5) is 5.69 Å². The van der Waals surface area contributed by atoms with E-state index in [1.807, 2.05) is 0 Å². The second-order valence-corrected chi connectivity index (χ2v) is 5.03. The molecule has 0 bridgehead atoms. The first-order valence-corrected chi connectivity index (χ1v) is 6.27. The molecule has 1 aliphatic rings. The van der Waals surface area contributed by atoms with Crippen molar-refractivity contribution in [1.82, 2.24) is 9.80 Å². The van der Waals surface area contributed by atoms with Gasteiger partial charge in [-0.2, -0.15) is 0 Å². The summed E-state index contributed by atoms with van der Waals surface area (Å²) in [5.74, 6) is -0.681. The number of imide groups is 1. The fourth-order valence-electron chi connectivity index (χ4n) is 2.15. The van der Waals surface area contributed by atoms with E-state index in [4.69, 9.17) is 0 Å². The molecule has 1 aromatic rings. The molecule has 0 radical (unpaired) electrons. The molecule has 0 aromatic heterocycles. The van der Waals surface area contributed by atoms with Crippen LogP contribution in [0.25, 0.3) is 0 Å². The molecule has 106 valence electrons. The monoisotopic (exact) mass is 275 g/mol. The quantitative estimate of drug-likeness (QED) is 0.828. The molecular weight excluding hydrogens is 258 g/mol. The summed E-state index contributed by atoms with van der Waals surface area (Å²) >= 11 is 0. The Morgan fingerprint density at radius 3 is 2.40 bits per heavy atom. The van der Waals surface area contributed by atoms with Crippen molar-refractivity contribution in [2.45, 2.75) is 13.0 Å². The molecule has 3 amide bonds. The Bertz CT molecular complexity index is 595. The number of nitrogens with one attached hydrogen (secondary N) is 1. The van der Waals surface area contributed by atoms with Crippen LogP contribution in [0.15, 0.2) is 18.2 Å². The molecule has 1 aromatic carbocycles. The van der Waals surface area contributed by atoms with Crippen molar-refractivity contribution in [3.8, 4) is 0 Å². The molecule has 0 spiro atoms. The number of amides is 3. The summed E-state index contributed by atoms with van der Waals surface area (Å²) in [5.41, 5.74) is 1.41. The summed E-state index contributed by atoms with van der Waals surface area (Å²) in [6.07, 6.45) is 0. The van der Waals surface area contributed by atoms with Gasteiger partial charge in [0, 0.05) is 26.8 Å². The van der Waals surface area contributed by atoms with Crippen LogP contribution in [0.1, 0.15) is 27.6 Å². The van der Waals surface area contributed by atoms with E-state index in [2.05, 4.69) is 5.32 Å². The minimum Gasteiger partial charge on any atom is -0.374 e. The van der Waals surface area contributed by atoms with Crippen molar-refractivity contribution < 1.29 is 14.4 Å².